The van der Waals surface area contributed by atoms with E-state index in [9.17, 15) is 14.7 Å². The summed E-state index contributed by atoms with van der Waals surface area (Å²) in [4.78, 5) is 24.3. The Morgan fingerprint density at radius 2 is 1.82 bits per heavy atom. The number of allylic oxidation sites excluding steroid dienone is 1. The first kappa shape index (κ1) is 30.0. The molecule has 0 aliphatic heterocycles. The fourth-order valence-corrected chi connectivity index (χ4v) is 5.68. The first-order chi connectivity index (χ1) is 15.4. The fraction of sp³-hybridized carbons (Fsp3) is 0.852. The highest BCUT2D eigenvalue weighted by atomic mass is 28.4. The van der Waals surface area contributed by atoms with Crippen LogP contribution in [0.4, 0.5) is 0 Å². The lowest BCUT2D eigenvalue weighted by molar-refractivity contribution is -0.140. The van der Waals surface area contributed by atoms with Crippen LogP contribution in [0.5, 0.6) is 0 Å². The molecule has 0 saturated heterocycles. The number of carbonyl (C=O) groups excluding carboxylic acids is 2. The van der Waals surface area contributed by atoms with Gasteiger partial charge in [-0.3, -0.25) is 9.59 Å². The van der Waals surface area contributed by atoms with Crippen LogP contribution in [0.25, 0.3) is 0 Å². The second-order valence-corrected chi connectivity index (χ2v) is 16.0. The minimum Gasteiger partial charge on any atom is -0.469 e. The van der Waals surface area contributed by atoms with E-state index in [0.717, 1.165) is 32.1 Å². The molecule has 33 heavy (non-hydrogen) atoms. The summed E-state index contributed by atoms with van der Waals surface area (Å²) in [5.41, 5.74) is 0. The Kier molecular flexibility index (Phi) is 13.1. The molecule has 0 spiro atoms. The molecule has 0 heterocycles. The zero-order chi connectivity index (χ0) is 25.1. The molecule has 5 nitrogen and oxygen atoms in total. The highest BCUT2D eigenvalue weighted by molar-refractivity contribution is 6.74. The summed E-state index contributed by atoms with van der Waals surface area (Å²) in [5.74, 6) is -0.534. The molecule has 6 heteroatoms. The third kappa shape index (κ3) is 10.0. The molecule has 0 aromatic rings. The van der Waals surface area contributed by atoms with Gasteiger partial charge in [-0.15, -0.1) is 0 Å². The Hall–Kier alpha value is -0.983. The number of carbonyl (C=O) groups is 2. The van der Waals surface area contributed by atoms with Gasteiger partial charge in [0.15, 0.2) is 8.32 Å². The number of ether oxygens (including phenoxy) is 1. The van der Waals surface area contributed by atoms with Gasteiger partial charge >= 0.3 is 5.97 Å². The molecule has 1 aliphatic carbocycles. The molecule has 4 unspecified atom stereocenters. The second kappa shape index (κ2) is 14.4. The van der Waals surface area contributed by atoms with E-state index >= 15 is 0 Å². The van der Waals surface area contributed by atoms with E-state index in [0.29, 0.717) is 19.3 Å². The quantitative estimate of drug-likeness (QED) is 0.123. The van der Waals surface area contributed by atoms with Crippen LogP contribution in [0, 0.1) is 11.8 Å². The number of Topliss-reactive ketones (excluding diaryl/α,β-unsaturated/α-hetero) is 1. The van der Waals surface area contributed by atoms with Gasteiger partial charge in [-0.1, -0.05) is 72.0 Å². The summed E-state index contributed by atoms with van der Waals surface area (Å²) < 4.78 is 11.4. The molecule has 0 aromatic carbocycles. The van der Waals surface area contributed by atoms with Crippen LogP contribution in [-0.2, 0) is 18.8 Å². The van der Waals surface area contributed by atoms with Crippen LogP contribution in [0.1, 0.15) is 98.3 Å². The molecule has 1 N–H and O–H groups in total. The Bertz CT molecular complexity index is 622. The maximum Gasteiger partial charge on any atom is 0.305 e. The van der Waals surface area contributed by atoms with Gasteiger partial charge in [0.05, 0.1) is 25.2 Å². The van der Waals surface area contributed by atoms with Crippen LogP contribution >= 0.6 is 0 Å². The third-order valence-corrected chi connectivity index (χ3v) is 12.0. The predicted octanol–water partition coefficient (Wildman–Crippen LogP) is 6.59. The molecule has 192 valence electrons. The van der Waals surface area contributed by atoms with E-state index in [2.05, 4.69) is 57.7 Å². The molecule has 1 fully saturated rings. The van der Waals surface area contributed by atoms with Crippen molar-refractivity contribution in [2.45, 2.75) is 129 Å². The predicted molar refractivity (Wildman–Crippen MR) is 138 cm³/mol. The zero-order valence-corrected chi connectivity index (χ0v) is 23.3. The molecule has 1 aliphatic rings. The molecular weight excluding hydrogens is 432 g/mol. The molecule has 1 saturated carbocycles. The molecule has 0 bridgehead atoms. The van der Waals surface area contributed by atoms with Gasteiger partial charge in [-0.2, -0.15) is 0 Å². The van der Waals surface area contributed by atoms with Crippen molar-refractivity contribution >= 4 is 20.1 Å². The number of methoxy groups -OCH3 is 1. The molecule has 1 rings (SSSR count). The molecule has 0 aromatic heterocycles. The van der Waals surface area contributed by atoms with E-state index in [1.54, 1.807) is 0 Å². The van der Waals surface area contributed by atoms with E-state index in [1.807, 2.05) is 0 Å². The number of rotatable bonds is 15. The highest BCUT2D eigenvalue weighted by Crippen LogP contribution is 2.43. The van der Waals surface area contributed by atoms with Gasteiger partial charge in [0.2, 0.25) is 0 Å². The Morgan fingerprint density at radius 3 is 2.42 bits per heavy atom. The molecule has 4 atom stereocenters. The van der Waals surface area contributed by atoms with Crippen LogP contribution in [-0.4, -0.2) is 44.5 Å². The minimum absolute atomic E-state index is 0.0668. The van der Waals surface area contributed by atoms with Crippen molar-refractivity contribution in [3.63, 3.8) is 0 Å². The van der Waals surface area contributed by atoms with Crippen LogP contribution in [0.3, 0.4) is 0 Å². The van der Waals surface area contributed by atoms with Gasteiger partial charge in [0.1, 0.15) is 5.78 Å². The fourth-order valence-electron chi connectivity index (χ4n) is 4.33. The summed E-state index contributed by atoms with van der Waals surface area (Å²) in [6.45, 7) is 13.3. The summed E-state index contributed by atoms with van der Waals surface area (Å²) >= 11 is 0. The van der Waals surface area contributed by atoms with Gasteiger partial charge in [0, 0.05) is 18.8 Å². The Balaban J connectivity index is 2.83. The maximum atomic E-state index is 13.0. The average molecular weight is 483 g/mol. The average Bonchev–Trinajstić information content (AvgIpc) is 3.03. The first-order valence-corrected chi connectivity index (χ1v) is 16.0. The number of hydrogen-bond donors (Lipinski definition) is 1. The standard InChI is InChI=1S/C27H50O5Si/c1-8-9-10-11-12-14-17-21-24(32-33(6,7)27(2,3)4)20-23(29)26(21)22(28)18-15-13-16-19-25(30)31-5/h14,17,21-22,24,26,28H,8-13,15-16,18-20H2,1-7H3. The first-order valence-electron chi connectivity index (χ1n) is 13.1. The second-order valence-electron chi connectivity index (χ2n) is 11.2. The van der Waals surface area contributed by atoms with Crippen molar-refractivity contribution in [1.82, 2.24) is 0 Å². The Labute approximate surface area is 203 Å². The van der Waals surface area contributed by atoms with E-state index in [1.165, 1.54) is 26.4 Å². The van der Waals surface area contributed by atoms with Gasteiger partial charge in [-0.25, -0.2) is 0 Å². The van der Waals surface area contributed by atoms with Gasteiger partial charge < -0.3 is 14.3 Å². The van der Waals surface area contributed by atoms with E-state index in [-0.39, 0.29) is 28.8 Å². The number of esters is 1. The summed E-state index contributed by atoms with van der Waals surface area (Å²) in [6.07, 6.45) is 13.2. The zero-order valence-electron chi connectivity index (χ0n) is 22.3. The number of hydrogen-bond acceptors (Lipinski definition) is 5. The number of ketones is 1. The van der Waals surface area contributed by atoms with Gasteiger partial charge in [-0.05, 0) is 43.8 Å². The van der Waals surface area contributed by atoms with Crippen LogP contribution < -0.4 is 0 Å². The SMILES string of the molecule is CCCCCCC=CC1C(O[Si](C)(C)C(C)(C)C)CC(=O)C1C(O)CCCCCC(=O)OC. The highest BCUT2D eigenvalue weighted by Gasteiger charge is 2.49. The van der Waals surface area contributed by atoms with Gasteiger partial charge in [0.25, 0.3) is 0 Å². The van der Waals surface area contributed by atoms with Crippen LogP contribution in [0.2, 0.25) is 18.1 Å². The molecule has 0 amide bonds. The normalized spacial score (nSPS) is 22.8. The third-order valence-electron chi connectivity index (χ3n) is 7.48. The van der Waals surface area contributed by atoms with E-state index in [4.69, 9.17) is 4.43 Å². The number of aliphatic hydroxyl groups is 1. The van der Waals surface area contributed by atoms with Crippen LogP contribution in [0.15, 0.2) is 12.2 Å². The topological polar surface area (TPSA) is 72.8 Å². The van der Waals surface area contributed by atoms with E-state index < -0.39 is 20.3 Å². The lowest BCUT2D eigenvalue weighted by atomic mass is 9.86. The lowest BCUT2D eigenvalue weighted by Crippen LogP contribution is -2.45. The number of aliphatic hydroxyl groups excluding tert-OH is 1. The lowest BCUT2D eigenvalue weighted by Gasteiger charge is -2.40. The molecule has 0 radical (unpaired) electrons. The van der Waals surface area contributed by atoms with Crippen molar-refractivity contribution in [3.05, 3.63) is 12.2 Å². The number of unbranched alkanes of at least 4 members (excludes halogenated alkanes) is 6. The maximum absolute atomic E-state index is 13.0. The summed E-state index contributed by atoms with van der Waals surface area (Å²) in [6, 6.07) is 0. The van der Waals surface area contributed by atoms with Crippen molar-refractivity contribution < 1.29 is 23.9 Å². The molecular formula is C27H50O5Si. The van der Waals surface area contributed by atoms with Crippen molar-refractivity contribution in [2.75, 3.05) is 7.11 Å². The van der Waals surface area contributed by atoms with Crippen molar-refractivity contribution in [3.8, 4) is 0 Å². The Morgan fingerprint density at radius 1 is 1.15 bits per heavy atom. The minimum atomic E-state index is -2.03. The van der Waals surface area contributed by atoms with Crippen molar-refractivity contribution in [2.24, 2.45) is 11.8 Å². The summed E-state index contributed by atoms with van der Waals surface area (Å²) in [7, 11) is -0.633. The summed E-state index contributed by atoms with van der Waals surface area (Å²) in [5, 5.41) is 11.1. The smallest absolute Gasteiger partial charge is 0.305 e. The van der Waals surface area contributed by atoms with Crippen molar-refractivity contribution in [1.29, 1.82) is 0 Å². The monoisotopic (exact) mass is 482 g/mol. The largest absolute Gasteiger partial charge is 0.469 e.